The minimum Gasteiger partial charge on any atom is -0.508 e. The van der Waals surface area contributed by atoms with Gasteiger partial charge in [0, 0.05) is 5.56 Å². The standard InChI is InChI=1S/C13H14O5/c1-3-17-13(15)12-9-6-8(16-2)4-5-11(9)18-7-10(12)14/h4-6,14H,3,7H2,1-2H3. The second-order valence-corrected chi connectivity index (χ2v) is 3.69. The number of aliphatic hydroxyl groups excluding tert-OH is 1. The number of esters is 1. The smallest absolute Gasteiger partial charge is 0.342 e. The lowest BCUT2D eigenvalue weighted by atomic mass is 10.0. The predicted octanol–water partition coefficient (Wildman–Crippen LogP) is 1.92. The summed E-state index contributed by atoms with van der Waals surface area (Å²) < 4.78 is 15.3. The first-order chi connectivity index (χ1) is 8.67. The first-order valence-corrected chi connectivity index (χ1v) is 5.57. The van der Waals surface area contributed by atoms with Gasteiger partial charge in [0.25, 0.3) is 0 Å². The summed E-state index contributed by atoms with van der Waals surface area (Å²) in [6.07, 6.45) is 0. The van der Waals surface area contributed by atoms with Crippen LogP contribution < -0.4 is 9.47 Å². The van der Waals surface area contributed by atoms with Crippen LogP contribution in [0.15, 0.2) is 24.0 Å². The van der Waals surface area contributed by atoms with Gasteiger partial charge in [-0.2, -0.15) is 0 Å². The number of methoxy groups -OCH3 is 1. The number of rotatable bonds is 3. The summed E-state index contributed by atoms with van der Waals surface area (Å²) in [5.41, 5.74) is 0.619. The van der Waals surface area contributed by atoms with Crippen LogP contribution in [0.3, 0.4) is 0 Å². The molecule has 0 fully saturated rings. The van der Waals surface area contributed by atoms with E-state index >= 15 is 0 Å². The lowest BCUT2D eigenvalue weighted by Crippen LogP contribution is -2.18. The molecule has 0 aliphatic carbocycles. The number of carbonyl (C=O) groups is 1. The molecule has 2 rings (SSSR count). The first-order valence-electron chi connectivity index (χ1n) is 5.57. The van der Waals surface area contributed by atoms with Gasteiger partial charge >= 0.3 is 5.97 Å². The maximum atomic E-state index is 11.8. The molecule has 1 aromatic carbocycles. The lowest BCUT2D eigenvalue weighted by Gasteiger charge is -2.20. The Morgan fingerprint density at radius 3 is 2.94 bits per heavy atom. The Labute approximate surface area is 105 Å². The fourth-order valence-corrected chi connectivity index (χ4v) is 1.76. The van der Waals surface area contributed by atoms with Crippen molar-refractivity contribution >= 4 is 11.5 Å². The number of ether oxygens (including phenoxy) is 3. The van der Waals surface area contributed by atoms with Gasteiger partial charge in [-0.3, -0.25) is 0 Å². The summed E-state index contributed by atoms with van der Waals surface area (Å²) >= 11 is 0. The van der Waals surface area contributed by atoms with Crippen molar-refractivity contribution in [2.75, 3.05) is 20.3 Å². The third-order valence-electron chi connectivity index (χ3n) is 2.59. The van der Waals surface area contributed by atoms with E-state index in [1.54, 1.807) is 25.1 Å². The fraction of sp³-hybridized carbons (Fsp3) is 0.308. The molecule has 0 atom stereocenters. The third kappa shape index (κ3) is 2.11. The van der Waals surface area contributed by atoms with Gasteiger partial charge in [0.1, 0.15) is 29.4 Å². The molecular formula is C13H14O5. The minimum atomic E-state index is -0.562. The predicted molar refractivity (Wildman–Crippen MR) is 64.7 cm³/mol. The summed E-state index contributed by atoms with van der Waals surface area (Å²) in [7, 11) is 1.53. The molecule has 1 N–H and O–H groups in total. The van der Waals surface area contributed by atoms with Crippen molar-refractivity contribution in [2.45, 2.75) is 6.92 Å². The van der Waals surface area contributed by atoms with E-state index in [4.69, 9.17) is 14.2 Å². The molecule has 0 bridgehead atoms. The number of aliphatic hydroxyl groups is 1. The van der Waals surface area contributed by atoms with Crippen molar-refractivity contribution in [1.29, 1.82) is 0 Å². The van der Waals surface area contributed by atoms with Crippen LogP contribution in [0, 0.1) is 0 Å². The van der Waals surface area contributed by atoms with Gasteiger partial charge in [-0.1, -0.05) is 0 Å². The summed E-state index contributed by atoms with van der Waals surface area (Å²) in [5, 5.41) is 9.79. The summed E-state index contributed by atoms with van der Waals surface area (Å²) in [6, 6.07) is 5.06. The molecule has 0 unspecified atom stereocenters. The van der Waals surface area contributed by atoms with Gasteiger partial charge in [-0.05, 0) is 25.1 Å². The zero-order valence-electron chi connectivity index (χ0n) is 10.2. The maximum Gasteiger partial charge on any atom is 0.342 e. The molecular weight excluding hydrogens is 236 g/mol. The van der Waals surface area contributed by atoms with Crippen LogP contribution in [0.5, 0.6) is 11.5 Å². The summed E-state index contributed by atoms with van der Waals surface area (Å²) in [4.78, 5) is 11.8. The highest BCUT2D eigenvalue weighted by Crippen LogP contribution is 2.35. The zero-order valence-corrected chi connectivity index (χ0v) is 10.2. The number of hydrogen-bond acceptors (Lipinski definition) is 5. The number of fused-ring (bicyclic) bond motifs is 1. The maximum absolute atomic E-state index is 11.8. The van der Waals surface area contributed by atoms with E-state index in [2.05, 4.69) is 0 Å². The van der Waals surface area contributed by atoms with Crippen LogP contribution in [-0.4, -0.2) is 31.4 Å². The van der Waals surface area contributed by atoms with Gasteiger partial charge in [-0.15, -0.1) is 0 Å². The van der Waals surface area contributed by atoms with Crippen LogP contribution >= 0.6 is 0 Å². The van der Waals surface area contributed by atoms with E-state index in [0.717, 1.165) is 0 Å². The number of benzene rings is 1. The molecule has 0 amide bonds. The normalized spacial score (nSPS) is 13.7. The zero-order chi connectivity index (χ0) is 13.1. The molecule has 1 aliphatic rings. The summed E-state index contributed by atoms with van der Waals surface area (Å²) in [5.74, 6) is 0.410. The van der Waals surface area contributed by atoms with Crippen molar-refractivity contribution in [1.82, 2.24) is 0 Å². The molecule has 1 aromatic rings. The second kappa shape index (κ2) is 5.00. The molecule has 0 saturated heterocycles. The average molecular weight is 250 g/mol. The minimum absolute atomic E-state index is 0.0342. The Hall–Kier alpha value is -2.17. The van der Waals surface area contributed by atoms with Gasteiger partial charge in [-0.25, -0.2) is 4.79 Å². The van der Waals surface area contributed by atoms with E-state index in [1.165, 1.54) is 7.11 Å². The molecule has 18 heavy (non-hydrogen) atoms. The average Bonchev–Trinajstić information content (AvgIpc) is 2.38. The Morgan fingerprint density at radius 2 is 2.28 bits per heavy atom. The highest BCUT2D eigenvalue weighted by atomic mass is 16.5. The monoisotopic (exact) mass is 250 g/mol. The van der Waals surface area contributed by atoms with Crippen LogP contribution in [0.1, 0.15) is 12.5 Å². The SMILES string of the molecule is CCOC(=O)C1=C(O)COc2ccc(OC)cc21. The molecule has 0 saturated carbocycles. The topological polar surface area (TPSA) is 65.0 Å². The number of carbonyl (C=O) groups excluding carboxylic acids is 1. The molecule has 0 spiro atoms. The van der Waals surface area contributed by atoms with Crippen molar-refractivity contribution in [3.05, 3.63) is 29.5 Å². The second-order valence-electron chi connectivity index (χ2n) is 3.69. The van der Waals surface area contributed by atoms with Crippen LogP contribution in [-0.2, 0) is 9.53 Å². The van der Waals surface area contributed by atoms with Crippen LogP contribution in [0.25, 0.3) is 5.57 Å². The Balaban J connectivity index is 2.49. The molecule has 96 valence electrons. The lowest BCUT2D eigenvalue weighted by molar-refractivity contribution is -0.136. The van der Waals surface area contributed by atoms with Crippen molar-refractivity contribution in [2.24, 2.45) is 0 Å². The Morgan fingerprint density at radius 1 is 1.50 bits per heavy atom. The van der Waals surface area contributed by atoms with E-state index in [1.807, 2.05) is 0 Å². The van der Waals surface area contributed by atoms with Crippen molar-refractivity contribution < 1.29 is 24.1 Å². The fourth-order valence-electron chi connectivity index (χ4n) is 1.76. The molecule has 5 heteroatoms. The van der Waals surface area contributed by atoms with Crippen molar-refractivity contribution in [3.8, 4) is 11.5 Å². The van der Waals surface area contributed by atoms with E-state index in [9.17, 15) is 9.90 Å². The van der Waals surface area contributed by atoms with Gasteiger partial charge in [0.15, 0.2) is 0 Å². The molecule has 5 nitrogen and oxygen atoms in total. The van der Waals surface area contributed by atoms with Crippen molar-refractivity contribution in [3.63, 3.8) is 0 Å². The number of hydrogen-bond donors (Lipinski definition) is 1. The molecule has 0 radical (unpaired) electrons. The first kappa shape index (κ1) is 12.3. The van der Waals surface area contributed by atoms with Gasteiger partial charge in [0.2, 0.25) is 0 Å². The van der Waals surface area contributed by atoms with Gasteiger partial charge in [0.05, 0.1) is 13.7 Å². The summed E-state index contributed by atoms with van der Waals surface area (Å²) in [6.45, 7) is 1.92. The largest absolute Gasteiger partial charge is 0.508 e. The Kier molecular flexibility index (Phi) is 3.41. The van der Waals surface area contributed by atoms with Gasteiger partial charge < -0.3 is 19.3 Å². The van der Waals surface area contributed by atoms with E-state index in [0.29, 0.717) is 17.1 Å². The Bertz CT molecular complexity index is 504. The molecule has 1 aliphatic heterocycles. The van der Waals surface area contributed by atoms with E-state index in [-0.39, 0.29) is 24.5 Å². The van der Waals surface area contributed by atoms with Crippen LogP contribution in [0.4, 0.5) is 0 Å². The third-order valence-corrected chi connectivity index (χ3v) is 2.59. The molecule has 1 heterocycles. The van der Waals surface area contributed by atoms with E-state index < -0.39 is 5.97 Å². The highest BCUT2D eigenvalue weighted by Gasteiger charge is 2.27. The van der Waals surface area contributed by atoms with Crippen LogP contribution in [0.2, 0.25) is 0 Å². The molecule has 0 aromatic heterocycles. The quantitative estimate of drug-likeness (QED) is 0.830. The highest BCUT2D eigenvalue weighted by molar-refractivity contribution is 6.18.